The fourth-order valence-electron chi connectivity index (χ4n) is 2.30. The molecule has 1 aromatic heterocycles. The number of halogens is 1. The molecule has 102 valence electrons. The Morgan fingerprint density at radius 2 is 2.22 bits per heavy atom. The highest BCUT2D eigenvalue weighted by Gasteiger charge is 2.15. The molecule has 1 unspecified atom stereocenters. The van der Waals surface area contributed by atoms with Crippen molar-refractivity contribution in [3.63, 3.8) is 0 Å². The van der Waals surface area contributed by atoms with Crippen LogP contribution in [0.4, 0.5) is 0 Å². The maximum atomic E-state index is 9.94. The Labute approximate surface area is 121 Å². The van der Waals surface area contributed by atoms with Crippen LogP contribution in [0.2, 0.25) is 0 Å². The third-order valence-electron chi connectivity index (χ3n) is 3.26. The van der Waals surface area contributed by atoms with Gasteiger partial charge in [0.1, 0.15) is 0 Å². The third-order valence-corrected chi connectivity index (χ3v) is 5.39. The highest BCUT2D eigenvalue weighted by molar-refractivity contribution is 9.11. The first-order valence-corrected chi connectivity index (χ1v) is 8.12. The molecule has 18 heavy (non-hydrogen) atoms. The average molecular weight is 333 g/mol. The van der Waals surface area contributed by atoms with Crippen molar-refractivity contribution in [2.45, 2.75) is 32.4 Å². The van der Waals surface area contributed by atoms with Crippen molar-refractivity contribution in [2.75, 3.05) is 26.2 Å². The smallest absolute Gasteiger partial charge is 0.0791 e. The molecular formula is C13H21BrN2OS. The summed E-state index contributed by atoms with van der Waals surface area (Å²) < 4.78 is 1.21. The Morgan fingerprint density at radius 1 is 1.50 bits per heavy atom. The van der Waals surface area contributed by atoms with E-state index >= 15 is 0 Å². The minimum absolute atomic E-state index is 0.257. The Balaban J connectivity index is 1.65. The average Bonchev–Trinajstić information content (AvgIpc) is 2.90. The van der Waals surface area contributed by atoms with E-state index in [2.05, 4.69) is 39.1 Å². The predicted molar refractivity (Wildman–Crippen MR) is 80.1 cm³/mol. The zero-order valence-electron chi connectivity index (χ0n) is 10.8. The number of aliphatic hydroxyl groups excluding tert-OH is 1. The van der Waals surface area contributed by atoms with E-state index in [1.54, 1.807) is 11.3 Å². The minimum Gasteiger partial charge on any atom is -0.390 e. The number of rotatable bonds is 6. The van der Waals surface area contributed by atoms with Gasteiger partial charge in [0, 0.05) is 24.5 Å². The monoisotopic (exact) mass is 332 g/mol. The van der Waals surface area contributed by atoms with Crippen LogP contribution < -0.4 is 5.32 Å². The van der Waals surface area contributed by atoms with Gasteiger partial charge in [-0.3, -0.25) is 0 Å². The Bertz CT molecular complexity index is 358. The summed E-state index contributed by atoms with van der Waals surface area (Å²) in [6.45, 7) is 6.72. The Morgan fingerprint density at radius 3 is 2.83 bits per heavy atom. The number of thiophene rings is 1. The molecule has 0 radical (unpaired) electrons. The second kappa shape index (κ2) is 7.01. The minimum atomic E-state index is -0.257. The summed E-state index contributed by atoms with van der Waals surface area (Å²) in [6, 6.07) is 2.19. The molecule has 1 fully saturated rings. The maximum absolute atomic E-state index is 9.94. The zero-order valence-corrected chi connectivity index (χ0v) is 13.2. The highest BCUT2D eigenvalue weighted by Crippen LogP contribution is 2.27. The van der Waals surface area contributed by atoms with Crippen LogP contribution in [-0.2, 0) is 6.54 Å². The van der Waals surface area contributed by atoms with Gasteiger partial charge in [0.15, 0.2) is 0 Å². The lowest BCUT2D eigenvalue weighted by Crippen LogP contribution is -2.36. The van der Waals surface area contributed by atoms with Gasteiger partial charge in [-0.05, 0) is 60.4 Å². The Kier molecular flexibility index (Phi) is 5.63. The molecule has 2 N–H and O–H groups in total. The highest BCUT2D eigenvalue weighted by atomic mass is 79.9. The lowest BCUT2D eigenvalue weighted by Gasteiger charge is -2.19. The topological polar surface area (TPSA) is 35.5 Å². The van der Waals surface area contributed by atoms with E-state index < -0.39 is 0 Å². The fourth-order valence-corrected chi connectivity index (χ4v) is 3.90. The number of aryl methyl sites for hydroxylation is 1. The molecule has 5 heteroatoms. The summed E-state index contributed by atoms with van der Waals surface area (Å²) >= 11 is 5.29. The van der Waals surface area contributed by atoms with E-state index in [0.717, 1.165) is 26.2 Å². The van der Waals surface area contributed by atoms with Crippen molar-refractivity contribution in [1.82, 2.24) is 10.2 Å². The zero-order chi connectivity index (χ0) is 13.0. The third kappa shape index (κ3) is 4.31. The molecule has 3 nitrogen and oxygen atoms in total. The summed E-state index contributed by atoms with van der Waals surface area (Å²) in [5, 5.41) is 13.3. The van der Waals surface area contributed by atoms with Crippen molar-refractivity contribution < 1.29 is 5.11 Å². The molecule has 0 bridgehead atoms. The number of aliphatic hydroxyl groups is 1. The van der Waals surface area contributed by atoms with Crippen LogP contribution in [0.3, 0.4) is 0 Å². The Hall–Kier alpha value is 0.0600. The lowest BCUT2D eigenvalue weighted by molar-refractivity contribution is 0.123. The van der Waals surface area contributed by atoms with Crippen LogP contribution in [0.25, 0.3) is 0 Å². The van der Waals surface area contributed by atoms with Crippen LogP contribution in [0.15, 0.2) is 9.85 Å². The van der Waals surface area contributed by atoms with Crippen LogP contribution in [0.5, 0.6) is 0 Å². The molecule has 2 heterocycles. The molecule has 2 rings (SSSR count). The SMILES string of the molecule is Cc1cc(CNCC(O)CN2CCCC2)sc1Br. The van der Waals surface area contributed by atoms with Gasteiger partial charge in [-0.1, -0.05) is 0 Å². The van der Waals surface area contributed by atoms with E-state index in [0.29, 0.717) is 6.54 Å². The van der Waals surface area contributed by atoms with E-state index in [-0.39, 0.29) is 6.10 Å². The van der Waals surface area contributed by atoms with Gasteiger partial charge < -0.3 is 15.3 Å². The molecule has 1 atom stereocenters. The standard InChI is InChI=1S/C13H21BrN2OS/c1-10-6-12(18-13(10)14)8-15-7-11(17)9-16-4-2-3-5-16/h6,11,15,17H,2-5,7-9H2,1H3. The summed E-state index contributed by atoms with van der Waals surface area (Å²) in [5.41, 5.74) is 1.29. The maximum Gasteiger partial charge on any atom is 0.0791 e. The fraction of sp³-hybridized carbons (Fsp3) is 0.692. The van der Waals surface area contributed by atoms with E-state index in [9.17, 15) is 5.11 Å². The number of hydrogen-bond acceptors (Lipinski definition) is 4. The van der Waals surface area contributed by atoms with Gasteiger partial charge in [0.05, 0.1) is 9.89 Å². The molecule has 1 aromatic rings. The summed E-state index contributed by atoms with van der Waals surface area (Å²) in [7, 11) is 0. The summed E-state index contributed by atoms with van der Waals surface area (Å²) in [4.78, 5) is 3.66. The molecule has 1 aliphatic rings. The molecular weight excluding hydrogens is 312 g/mol. The van der Waals surface area contributed by atoms with E-state index in [1.807, 2.05) is 0 Å². The molecule has 0 spiro atoms. The first-order valence-electron chi connectivity index (χ1n) is 6.51. The predicted octanol–water partition coefficient (Wildman–Crippen LogP) is 2.37. The van der Waals surface area contributed by atoms with Gasteiger partial charge in [-0.25, -0.2) is 0 Å². The first-order chi connectivity index (χ1) is 8.65. The van der Waals surface area contributed by atoms with Crippen molar-refractivity contribution in [3.8, 4) is 0 Å². The van der Waals surface area contributed by atoms with Gasteiger partial charge in [-0.2, -0.15) is 0 Å². The normalized spacial score (nSPS) is 18.4. The molecule has 0 aromatic carbocycles. The van der Waals surface area contributed by atoms with Crippen molar-refractivity contribution in [3.05, 3.63) is 20.3 Å². The number of β-amino-alcohol motifs (C(OH)–C–C–N with tert-alkyl or cyclic N) is 1. The molecule has 1 saturated heterocycles. The number of hydrogen-bond donors (Lipinski definition) is 2. The largest absolute Gasteiger partial charge is 0.390 e. The molecule has 0 aliphatic carbocycles. The van der Waals surface area contributed by atoms with Gasteiger partial charge in [0.25, 0.3) is 0 Å². The summed E-state index contributed by atoms with van der Waals surface area (Å²) in [6.07, 6.45) is 2.30. The van der Waals surface area contributed by atoms with Crippen molar-refractivity contribution >= 4 is 27.3 Å². The van der Waals surface area contributed by atoms with Gasteiger partial charge >= 0.3 is 0 Å². The molecule has 0 amide bonds. The van der Waals surface area contributed by atoms with E-state index in [1.165, 1.54) is 27.1 Å². The lowest BCUT2D eigenvalue weighted by atomic mass is 10.3. The number of nitrogens with one attached hydrogen (secondary N) is 1. The van der Waals surface area contributed by atoms with Crippen LogP contribution in [0, 0.1) is 6.92 Å². The molecule has 0 saturated carbocycles. The van der Waals surface area contributed by atoms with E-state index in [4.69, 9.17) is 0 Å². The number of nitrogens with zero attached hydrogens (tertiary/aromatic N) is 1. The second-order valence-corrected chi connectivity index (χ2v) is 7.42. The van der Waals surface area contributed by atoms with Crippen LogP contribution >= 0.6 is 27.3 Å². The second-order valence-electron chi connectivity index (χ2n) is 4.96. The summed E-state index contributed by atoms with van der Waals surface area (Å²) in [5.74, 6) is 0. The van der Waals surface area contributed by atoms with Crippen LogP contribution in [-0.4, -0.2) is 42.3 Å². The van der Waals surface area contributed by atoms with Crippen molar-refractivity contribution in [2.24, 2.45) is 0 Å². The quantitative estimate of drug-likeness (QED) is 0.839. The van der Waals surface area contributed by atoms with Crippen LogP contribution in [0.1, 0.15) is 23.3 Å². The first kappa shape index (κ1) is 14.5. The molecule has 1 aliphatic heterocycles. The van der Waals surface area contributed by atoms with Gasteiger partial charge in [-0.15, -0.1) is 11.3 Å². The van der Waals surface area contributed by atoms with Gasteiger partial charge in [0.2, 0.25) is 0 Å². The number of likely N-dealkylation sites (tertiary alicyclic amines) is 1. The van der Waals surface area contributed by atoms with Crippen molar-refractivity contribution in [1.29, 1.82) is 0 Å².